The van der Waals surface area contributed by atoms with E-state index in [1.165, 1.54) is 50.2 Å². The third-order valence-electron chi connectivity index (χ3n) is 5.94. The molecule has 27 heavy (non-hydrogen) atoms. The van der Waals surface area contributed by atoms with E-state index in [0.29, 0.717) is 5.92 Å². The van der Waals surface area contributed by atoms with Crippen molar-refractivity contribution in [2.24, 2.45) is 13.0 Å². The molecule has 0 N–H and O–H groups in total. The van der Waals surface area contributed by atoms with Gasteiger partial charge in [-0.05, 0) is 77.5 Å². The Morgan fingerprint density at radius 1 is 1.04 bits per heavy atom. The highest BCUT2D eigenvalue weighted by Crippen LogP contribution is 2.38. The van der Waals surface area contributed by atoms with Crippen LogP contribution in [0.3, 0.4) is 0 Å². The molecule has 4 rings (SSSR count). The Kier molecular flexibility index (Phi) is 4.38. The molecule has 2 nitrogen and oxygen atoms in total. The first-order valence-electron chi connectivity index (χ1n) is 9.94. The van der Waals surface area contributed by atoms with E-state index in [1.807, 2.05) is 0 Å². The molecule has 1 aliphatic rings. The van der Waals surface area contributed by atoms with Gasteiger partial charge in [0.15, 0.2) is 6.20 Å². The van der Waals surface area contributed by atoms with Crippen LogP contribution in [0.5, 0.6) is 0 Å². The number of aromatic nitrogens is 2. The highest BCUT2D eigenvalue weighted by Gasteiger charge is 2.30. The molecule has 2 heteroatoms. The molecule has 1 heterocycles. The maximum Gasteiger partial charge on any atom is 0.330 e. The van der Waals surface area contributed by atoms with Crippen LogP contribution >= 0.6 is 0 Å². The molecule has 0 saturated carbocycles. The lowest BCUT2D eigenvalue weighted by atomic mass is 9.95. The average Bonchev–Trinajstić information content (AvgIpc) is 2.99. The standard InChI is InChI=1S/C25H29N2/c1-15(2)10-19-8-7-9-20-22(19)13-24-23(20)14-26-25(27(24)6)21-12-16(3)11-17(4)18(21)5/h7-9,11-12,14-15H,10,13H2,1-6H3/q+1. The Bertz CT molecular complexity index is 1040. The molecule has 2 aromatic carbocycles. The molecule has 0 aliphatic heterocycles. The predicted octanol–water partition coefficient (Wildman–Crippen LogP) is 5.27. The topological polar surface area (TPSA) is 16.8 Å². The van der Waals surface area contributed by atoms with Gasteiger partial charge in [-0.3, -0.25) is 0 Å². The minimum absolute atomic E-state index is 0.667. The summed E-state index contributed by atoms with van der Waals surface area (Å²) >= 11 is 0. The van der Waals surface area contributed by atoms with E-state index in [4.69, 9.17) is 4.98 Å². The van der Waals surface area contributed by atoms with Crippen LogP contribution in [0, 0.1) is 26.7 Å². The zero-order valence-corrected chi connectivity index (χ0v) is 17.4. The number of aryl methyl sites for hydroxylation is 2. The van der Waals surface area contributed by atoms with Crippen LogP contribution in [0.4, 0.5) is 0 Å². The van der Waals surface area contributed by atoms with E-state index in [0.717, 1.165) is 18.7 Å². The van der Waals surface area contributed by atoms with Crippen molar-refractivity contribution in [1.29, 1.82) is 0 Å². The molecule has 0 bridgehead atoms. The summed E-state index contributed by atoms with van der Waals surface area (Å²) in [6.45, 7) is 11.1. The number of hydrogen-bond acceptors (Lipinski definition) is 1. The minimum atomic E-state index is 0.667. The average molecular weight is 358 g/mol. The van der Waals surface area contributed by atoms with Crippen LogP contribution in [0.1, 0.15) is 47.4 Å². The molecule has 0 spiro atoms. The fourth-order valence-electron chi connectivity index (χ4n) is 4.45. The van der Waals surface area contributed by atoms with Crippen molar-refractivity contribution in [2.75, 3.05) is 0 Å². The predicted molar refractivity (Wildman–Crippen MR) is 112 cm³/mol. The smallest absolute Gasteiger partial charge is 0.229 e. The minimum Gasteiger partial charge on any atom is -0.229 e. The van der Waals surface area contributed by atoms with Crippen molar-refractivity contribution in [3.8, 4) is 22.5 Å². The summed E-state index contributed by atoms with van der Waals surface area (Å²) in [5, 5.41) is 0. The highest BCUT2D eigenvalue weighted by atomic mass is 15.0. The molecule has 1 aromatic heterocycles. The number of benzene rings is 2. The number of nitrogens with zero attached hydrogens (tertiary/aromatic N) is 2. The Hall–Kier alpha value is -2.48. The zero-order valence-electron chi connectivity index (χ0n) is 17.4. The monoisotopic (exact) mass is 357 g/mol. The van der Waals surface area contributed by atoms with Crippen LogP contribution in [0.15, 0.2) is 36.5 Å². The second-order valence-corrected chi connectivity index (χ2v) is 8.47. The summed E-state index contributed by atoms with van der Waals surface area (Å²) in [4.78, 5) is 4.92. The number of fused-ring (bicyclic) bond motifs is 3. The molecular formula is C25H29N2+. The Balaban J connectivity index is 1.86. The van der Waals surface area contributed by atoms with Gasteiger partial charge in [0.25, 0.3) is 0 Å². The van der Waals surface area contributed by atoms with Crippen LogP contribution in [-0.2, 0) is 19.9 Å². The first-order chi connectivity index (χ1) is 12.9. The molecule has 3 aromatic rings. The molecule has 0 atom stereocenters. The van der Waals surface area contributed by atoms with Crippen LogP contribution in [0.25, 0.3) is 22.5 Å². The summed E-state index contributed by atoms with van der Waals surface area (Å²) in [5.74, 6) is 1.73. The fraction of sp³-hybridized carbons (Fsp3) is 0.360. The molecule has 0 radical (unpaired) electrons. The Labute approximate surface area is 162 Å². The van der Waals surface area contributed by atoms with E-state index in [2.05, 4.69) is 82.8 Å². The maximum absolute atomic E-state index is 4.92. The lowest BCUT2D eigenvalue weighted by Crippen LogP contribution is -2.37. The van der Waals surface area contributed by atoms with Crippen molar-refractivity contribution in [2.45, 2.75) is 47.5 Å². The van der Waals surface area contributed by atoms with E-state index in [9.17, 15) is 0 Å². The first-order valence-corrected chi connectivity index (χ1v) is 9.94. The zero-order chi connectivity index (χ0) is 19.3. The van der Waals surface area contributed by atoms with Gasteiger partial charge in [0.1, 0.15) is 5.69 Å². The summed E-state index contributed by atoms with van der Waals surface area (Å²) in [6.07, 6.45) is 4.23. The largest absolute Gasteiger partial charge is 0.330 e. The van der Waals surface area contributed by atoms with Gasteiger partial charge >= 0.3 is 5.82 Å². The lowest BCUT2D eigenvalue weighted by molar-refractivity contribution is -0.669. The first kappa shape index (κ1) is 17.9. The van der Waals surface area contributed by atoms with Gasteiger partial charge in [-0.1, -0.05) is 38.1 Å². The summed E-state index contributed by atoms with van der Waals surface area (Å²) in [7, 11) is 2.17. The highest BCUT2D eigenvalue weighted by molar-refractivity contribution is 5.76. The number of hydrogen-bond donors (Lipinski definition) is 0. The molecule has 1 aliphatic carbocycles. The van der Waals surface area contributed by atoms with Gasteiger partial charge in [-0.25, -0.2) is 4.57 Å². The van der Waals surface area contributed by atoms with Crippen molar-refractivity contribution >= 4 is 0 Å². The van der Waals surface area contributed by atoms with Crippen molar-refractivity contribution in [3.63, 3.8) is 0 Å². The molecule has 138 valence electrons. The van der Waals surface area contributed by atoms with Gasteiger partial charge in [-0.2, -0.15) is 0 Å². The van der Waals surface area contributed by atoms with Crippen LogP contribution in [-0.4, -0.2) is 4.98 Å². The SMILES string of the molecule is Cc1cc(C)c(C)c(-c2ncc3c([n+]2C)Cc2c(CC(C)C)cccc2-3)c1. The Morgan fingerprint density at radius 2 is 1.81 bits per heavy atom. The molecule has 0 amide bonds. The quantitative estimate of drug-likeness (QED) is 0.457. The summed E-state index contributed by atoms with van der Waals surface area (Å²) in [5.41, 5.74) is 12.2. The van der Waals surface area contributed by atoms with Crippen LogP contribution < -0.4 is 4.57 Å². The normalized spacial score (nSPS) is 12.4. The van der Waals surface area contributed by atoms with E-state index >= 15 is 0 Å². The van der Waals surface area contributed by atoms with Crippen molar-refractivity contribution in [3.05, 3.63) is 70.0 Å². The van der Waals surface area contributed by atoms with Gasteiger partial charge in [-0.15, -0.1) is 0 Å². The fourth-order valence-corrected chi connectivity index (χ4v) is 4.45. The van der Waals surface area contributed by atoms with Gasteiger partial charge in [0.2, 0.25) is 0 Å². The summed E-state index contributed by atoms with van der Waals surface area (Å²) < 4.78 is 2.32. The van der Waals surface area contributed by atoms with E-state index in [1.54, 1.807) is 0 Å². The van der Waals surface area contributed by atoms with Crippen molar-refractivity contribution in [1.82, 2.24) is 4.98 Å². The summed E-state index contributed by atoms with van der Waals surface area (Å²) in [6, 6.07) is 11.3. The van der Waals surface area contributed by atoms with Gasteiger partial charge < -0.3 is 0 Å². The van der Waals surface area contributed by atoms with Gasteiger partial charge in [0, 0.05) is 6.42 Å². The molecule has 0 unspecified atom stereocenters. The molecule has 0 saturated heterocycles. The number of rotatable bonds is 3. The van der Waals surface area contributed by atoms with E-state index in [-0.39, 0.29) is 0 Å². The Morgan fingerprint density at radius 3 is 2.56 bits per heavy atom. The second-order valence-electron chi connectivity index (χ2n) is 8.47. The van der Waals surface area contributed by atoms with Gasteiger partial charge in [0.05, 0.1) is 18.2 Å². The molecule has 0 fully saturated rings. The molecular weight excluding hydrogens is 328 g/mol. The second kappa shape index (κ2) is 6.60. The third-order valence-corrected chi connectivity index (χ3v) is 5.94. The maximum atomic E-state index is 4.92. The third kappa shape index (κ3) is 2.97. The van der Waals surface area contributed by atoms with Crippen molar-refractivity contribution < 1.29 is 4.57 Å². The lowest BCUT2D eigenvalue weighted by Gasteiger charge is -2.10. The van der Waals surface area contributed by atoms with Crippen LogP contribution in [0.2, 0.25) is 0 Å². The van der Waals surface area contributed by atoms with E-state index < -0.39 is 0 Å².